The van der Waals surface area contributed by atoms with Crippen LogP contribution in [0.2, 0.25) is 0 Å². The molecule has 2 heterocycles. The monoisotopic (exact) mass is 321 g/mol. The smallest absolute Gasteiger partial charge is 0.184 e. The molecule has 0 aliphatic carbocycles. The van der Waals surface area contributed by atoms with E-state index in [1.807, 2.05) is 6.92 Å². The van der Waals surface area contributed by atoms with Crippen LogP contribution in [0.1, 0.15) is 30.1 Å². The third kappa shape index (κ3) is 3.36. The average Bonchev–Trinajstić information content (AvgIpc) is 2.96. The van der Waals surface area contributed by atoms with E-state index in [1.54, 1.807) is 35.1 Å². The molecule has 6 nitrogen and oxygen atoms in total. The summed E-state index contributed by atoms with van der Waals surface area (Å²) >= 11 is 0. The first-order valence-electron chi connectivity index (χ1n) is 7.32. The van der Waals surface area contributed by atoms with Gasteiger partial charge in [0, 0.05) is 19.4 Å². The van der Waals surface area contributed by atoms with Gasteiger partial charge in [-0.3, -0.25) is 0 Å². The van der Waals surface area contributed by atoms with Gasteiger partial charge in [0.05, 0.1) is 16.6 Å². The molecular weight excluding hydrogens is 302 g/mol. The fraction of sp³-hybridized carbons (Fsp3) is 0.467. The molecule has 22 heavy (non-hydrogen) atoms. The summed E-state index contributed by atoms with van der Waals surface area (Å²) in [4.78, 5) is 0.318. The van der Waals surface area contributed by atoms with Crippen molar-refractivity contribution >= 4 is 9.84 Å². The lowest BCUT2D eigenvalue weighted by atomic mass is 10.1. The van der Waals surface area contributed by atoms with Crippen LogP contribution in [0.5, 0.6) is 0 Å². The second-order valence-corrected chi connectivity index (χ2v) is 7.60. The lowest BCUT2D eigenvalue weighted by Gasteiger charge is -2.21. The van der Waals surface area contributed by atoms with Gasteiger partial charge in [0.1, 0.15) is 5.75 Å². The number of ether oxygens (including phenoxy) is 1. The highest BCUT2D eigenvalue weighted by Gasteiger charge is 2.20. The van der Waals surface area contributed by atoms with Crippen molar-refractivity contribution in [1.82, 2.24) is 15.0 Å². The lowest BCUT2D eigenvalue weighted by molar-refractivity contribution is 0.0657. The van der Waals surface area contributed by atoms with Crippen molar-refractivity contribution in [2.75, 3.05) is 13.2 Å². The Morgan fingerprint density at radius 3 is 2.59 bits per heavy atom. The van der Waals surface area contributed by atoms with Crippen molar-refractivity contribution < 1.29 is 13.2 Å². The molecule has 0 saturated carbocycles. The van der Waals surface area contributed by atoms with Gasteiger partial charge < -0.3 is 4.74 Å². The molecule has 0 N–H and O–H groups in total. The van der Waals surface area contributed by atoms with Crippen LogP contribution in [-0.2, 0) is 20.3 Å². The third-order valence-corrected chi connectivity index (χ3v) is 5.51. The van der Waals surface area contributed by atoms with Gasteiger partial charge in [0.2, 0.25) is 0 Å². The molecule has 0 radical (unpaired) electrons. The standard InChI is InChI=1S/C15H19N3O3S/c1-12-2-4-15(5-3-12)22(19,20)11-13-10-18(17-16-13)14-6-8-21-9-7-14/h2-5,10,14H,6-9,11H2,1H3. The maximum Gasteiger partial charge on any atom is 0.184 e. The van der Waals surface area contributed by atoms with E-state index in [-0.39, 0.29) is 11.8 Å². The van der Waals surface area contributed by atoms with Crippen LogP contribution in [-0.4, -0.2) is 36.6 Å². The highest BCUT2D eigenvalue weighted by Crippen LogP contribution is 2.21. The Hall–Kier alpha value is -1.73. The molecule has 0 atom stereocenters. The van der Waals surface area contributed by atoms with E-state index in [1.165, 1.54) is 0 Å². The van der Waals surface area contributed by atoms with Gasteiger partial charge in [-0.05, 0) is 31.9 Å². The topological polar surface area (TPSA) is 74.1 Å². The first-order valence-corrected chi connectivity index (χ1v) is 8.98. The highest BCUT2D eigenvalue weighted by molar-refractivity contribution is 7.90. The molecule has 0 unspecified atom stereocenters. The number of benzene rings is 1. The van der Waals surface area contributed by atoms with Crippen molar-refractivity contribution in [1.29, 1.82) is 0 Å². The van der Waals surface area contributed by atoms with Gasteiger partial charge >= 0.3 is 0 Å². The van der Waals surface area contributed by atoms with Gasteiger partial charge in [0.25, 0.3) is 0 Å². The van der Waals surface area contributed by atoms with Crippen LogP contribution in [0.4, 0.5) is 0 Å². The fourth-order valence-corrected chi connectivity index (χ4v) is 3.77. The van der Waals surface area contributed by atoms with Gasteiger partial charge in [-0.15, -0.1) is 5.10 Å². The van der Waals surface area contributed by atoms with Gasteiger partial charge in [0.15, 0.2) is 9.84 Å². The maximum absolute atomic E-state index is 12.4. The Balaban J connectivity index is 1.75. The summed E-state index contributed by atoms with van der Waals surface area (Å²) in [6, 6.07) is 7.11. The first-order chi connectivity index (χ1) is 10.5. The number of hydrogen-bond donors (Lipinski definition) is 0. The zero-order chi connectivity index (χ0) is 15.6. The number of nitrogens with zero attached hydrogens (tertiary/aromatic N) is 3. The Morgan fingerprint density at radius 2 is 1.91 bits per heavy atom. The number of rotatable bonds is 4. The Bertz CT molecular complexity index is 732. The van der Waals surface area contributed by atoms with E-state index in [0.717, 1.165) is 18.4 Å². The molecule has 118 valence electrons. The fourth-order valence-electron chi connectivity index (χ4n) is 2.53. The molecule has 1 aliphatic heterocycles. The summed E-state index contributed by atoms with van der Waals surface area (Å²) in [5, 5.41) is 8.09. The van der Waals surface area contributed by atoms with E-state index in [2.05, 4.69) is 10.3 Å². The highest BCUT2D eigenvalue weighted by atomic mass is 32.2. The predicted octanol–water partition coefficient (Wildman–Crippen LogP) is 1.91. The van der Waals surface area contributed by atoms with Crippen LogP contribution in [0.15, 0.2) is 35.4 Å². The minimum atomic E-state index is -3.39. The molecule has 1 aliphatic rings. The second-order valence-electron chi connectivity index (χ2n) is 5.61. The SMILES string of the molecule is Cc1ccc(S(=O)(=O)Cc2cn(C3CCOCC3)nn2)cc1. The molecule has 1 aromatic heterocycles. The number of sulfone groups is 1. The number of aryl methyl sites for hydroxylation is 1. The predicted molar refractivity (Wildman–Crippen MR) is 81.2 cm³/mol. The van der Waals surface area contributed by atoms with E-state index in [0.29, 0.717) is 23.8 Å². The molecule has 1 fully saturated rings. The zero-order valence-corrected chi connectivity index (χ0v) is 13.3. The van der Waals surface area contributed by atoms with Crippen LogP contribution in [0.25, 0.3) is 0 Å². The molecule has 0 spiro atoms. The molecule has 0 amide bonds. The minimum absolute atomic E-state index is 0.126. The van der Waals surface area contributed by atoms with Crippen LogP contribution in [0.3, 0.4) is 0 Å². The molecule has 1 aromatic carbocycles. The van der Waals surface area contributed by atoms with Gasteiger partial charge in [-0.25, -0.2) is 13.1 Å². The Morgan fingerprint density at radius 1 is 1.23 bits per heavy atom. The van der Waals surface area contributed by atoms with E-state index in [4.69, 9.17) is 4.74 Å². The average molecular weight is 321 g/mol. The van der Waals surface area contributed by atoms with Gasteiger partial charge in [-0.2, -0.15) is 0 Å². The van der Waals surface area contributed by atoms with Crippen molar-refractivity contribution in [2.24, 2.45) is 0 Å². The van der Waals surface area contributed by atoms with Crippen LogP contribution >= 0.6 is 0 Å². The third-order valence-electron chi connectivity index (χ3n) is 3.84. The normalized spacial score (nSPS) is 16.8. The van der Waals surface area contributed by atoms with Crippen molar-refractivity contribution in [3.63, 3.8) is 0 Å². The lowest BCUT2D eigenvalue weighted by Crippen LogP contribution is -2.20. The second kappa shape index (κ2) is 6.18. The largest absolute Gasteiger partial charge is 0.381 e. The molecule has 0 bridgehead atoms. The van der Waals surface area contributed by atoms with Gasteiger partial charge in [-0.1, -0.05) is 22.9 Å². The summed E-state index contributed by atoms with van der Waals surface area (Å²) in [7, 11) is -3.39. The van der Waals surface area contributed by atoms with E-state index >= 15 is 0 Å². The summed E-state index contributed by atoms with van der Waals surface area (Å²) in [5.41, 5.74) is 1.51. The molecule has 2 aromatic rings. The first kappa shape index (κ1) is 15.2. The van der Waals surface area contributed by atoms with Crippen LogP contribution < -0.4 is 0 Å². The molecule has 1 saturated heterocycles. The van der Waals surface area contributed by atoms with Crippen molar-refractivity contribution in [2.45, 2.75) is 36.5 Å². The molecule has 3 rings (SSSR count). The van der Waals surface area contributed by atoms with Crippen molar-refractivity contribution in [3.05, 3.63) is 41.7 Å². The molecular formula is C15H19N3O3S. The number of hydrogen-bond acceptors (Lipinski definition) is 5. The maximum atomic E-state index is 12.4. The summed E-state index contributed by atoms with van der Waals surface area (Å²) < 4.78 is 31.9. The number of aromatic nitrogens is 3. The summed E-state index contributed by atoms with van der Waals surface area (Å²) in [6.07, 6.45) is 3.50. The van der Waals surface area contributed by atoms with Crippen LogP contribution in [0, 0.1) is 6.92 Å². The molecule has 7 heteroatoms. The van der Waals surface area contributed by atoms with E-state index in [9.17, 15) is 8.42 Å². The summed E-state index contributed by atoms with van der Waals surface area (Å²) in [5.74, 6) is -0.126. The minimum Gasteiger partial charge on any atom is -0.381 e. The Labute approximate surface area is 130 Å². The quantitative estimate of drug-likeness (QED) is 0.860. The van der Waals surface area contributed by atoms with Crippen molar-refractivity contribution in [3.8, 4) is 0 Å². The zero-order valence-electron chi connectivity index (χ0n) is 12.5. The summed E-state index contributed by atoms with van der Waals surface area (Å²) in [6.45, 7) is 3.35. The Kier molecular flexibility index (Phi) is 4.26. The van der Waals surface area contributed by atoms with E-state index < -0.39 is 9.84 Å².